The third-order valence-electron chi connectivity index (χ3n) is 3.87. The number of benzene rings is 1. The van der Waals surface area contributed by atoms with E-state index in [0.29, 0.717) is 6.10 Å². The molecule has 0 saturated heterocycles. The minimum Gasteiger partial charge on any atom is -0.490 e. The van der Waals surface area contributed by atoms with Gasteiger partial charge in [-0.1, -0.05) is 24.9 Å². The maximum Gasteiger partial charge on any atom is 0.123 e. The van der Waals surface area contributed by atoms with E-state index < -0.39 is 0 Å². The molecule has 0 aromatic heterocycles. The number of halogens is 1. The summed E-state index contributed by atoms with van der Waals surface area (Å²) in [5.41, 5.74) is 7.20. The number of hydrogen-bond acceptors (Lipinski definition) is 2. The fraction of sp³-hybridized carbons (Fsp3) is 0.625. The predicted octanol–water partition coefficient (Wildman–Crippen LogP) is 4.33. The molecule has 1 fully saturated rings. The lowest BCUT2D eigenvalue weighted by molar-refractivity contribution is 0.153. The molecule has 0 heterocycles. The Labute approximate surface area is 121 Å². The lowest BCUT2D eigenvalue weighted by Gasteiger charge is -2.25. The van der Waals surface area contributed by atoms with Crippen molar-refractivity contribution in [1.29, 1.82) is 0 Å². The lowest BCUT2D eigenvalue weighted by atomic mass is 9.97. The molecular weight excluding hydrogens is 258 g/mol. The summed E-state index contributed by atoms with van der Waals surface area (Å²) >= 11 is 6.09. The SMILES string of the molecule is CCC(N)Cc1cc(Cl)ccc1OC1CCCCC1. The zero-order valence-electron chi connectivity index (χ0n) is 11.7. The van der Waals surface area contributed by atoms with E-state index in [0.717, 1.165) is 29.2 Å². The fourth-order valence-corrected chi connectivity index (χ4v) is 2.81. The van der Waals surface area contributed by atoms with Gasteiger partial charge in [0, 0.05) is 11.1 Å². The molecule has 1 aliphatic rings. The molecule has 0 amide bonds. The molecule has 0 bridgehead atoms. The topological polar surface area (TPSA) is 35.2 Å². The molecule has 3 heteroatoms. The third-order valence-corrected chi connectivity index (χ3v) is 4.11. The maximum absolute atomic E-state index is 6.17. The Morgan fingerprint density at radius 1 is 1.32 bits per heavy atom. The van der Waals surface area contributed by atoms with Crippen LogP contribution in [0, 0.1) is 0 Å². The average Bonchev–Trinajstić information content (AvgIpc) is 2.43. The fourth-order valence-electron chi connectivity index (χ4n) is 2.61. The van der Waals surface area contributed by atoms with Crippen molar-refractivity contribution >= 4 is 11.6 Å². The monoisotopic (exact) mass is 281 g/mol. The second kappa shape index (κ2) is 7.16. The summed E-state index contributed by atoms with van der Waals surface area (Å²) in [6, 6.07) is 6.07. The van der Waals surface area contributed by atoms with Gasteiger partial charge in [0.05, 0.1) is 6.10 Å². The number of rotatable bonds is 5. The molecule has 1 aliphatic carbocycles. The van der Waals surface area contributed by atoms with Gasteiger partial charge < -0.3 is 10.5 Å². The van der Waals surface area contributed by atoms with E-state index in [9.17, 15) is 0 Å². The molecule has 1 unspecified atom stereocenters. The molecule has 2 nitrogen and oxygen atoms in total. The predicted molar refractivity (Wildman–Crippen MR) is 80.9 cm³/mol. The molecule has 2 N–H and O–H groups in total. The first-order valence-electron chi connectivity index (χ1n) is 7.39. The zero-order valence-corrected chi connectivity index (χ0v) is 12.5. The number of hydrogen-bond donors (Lipinski definition) is 1. The van der Waals surface area contributed by atoms with Crippen LogP contribution in [0.25, 0.3) is 0 Å². The van der Waals surface area contributed by atoms with Gasteiger partial charge in [0.2, 0.25) is 0 Å². The summed E-state index contributed by atoms with van der Waals surface area (Å²) in [6.45, 7) is 2.11. The standard InChI is InChI=1S/C16H24ClNO/c1-2-14(18)11-12-10-13(17)8-9-16(12)19-15-6-4-3-5-7-15/h8-10,14-15H,2-7,11,18H2,1H3. The first-order valence-corrected chi connectivity index (χ1v) is 7.77. The summed E-state index contributed by atoms with van der Waals surface area (Å²) in [7, 11) is 0. The van der Waals surface area contributed by atoms with Crippen molar-refractivity contribution in [3.63, 3.8) is 0 Å². The highest BCUT2D eigenvalue weighted by molar-refractivity contribution is 6.30. The average molecular weight is 282 g/mol. The summed E-state index contributed by atoms with van der Waals surface area (Å²) in [5.74, 6) is 0.972. The van der Waals surface area contributed by atoms with Crippen LogP contribution in [-0.2, 0) is 6.42 Å². The summed E-state index contributed by atoms with van der Waals surface area (Å²) in [6.07, 6.45) is 8.41. The van der Waals surface area contributed by atoms with Gasteiger partial charge in [-0.05, 0) is 62.3 Å². The molecular formula is C16H24ClNO. The van der Waals surface area contributed by atoms with Crippen LogP contribution in [-0.4, -0.2) is 12.1 Å². The highest BCUT2D eigenvalue weighted by Crippen LogP contribution is 2.29. The molecule has 1 saturated carbocycles. The Morgan fingerprint density at radius 2 is 2.05 bits per heavy atom. The van der Waals surface area contributed by atoms with E-state index in [1.165, 1.54) is 32.1 Å². The van der Waals surface area contributed by atoms with E-state index in [1.807, 2.05) is 18.2 Å². The van der Waals surface area contributed by atoms with E-state index in [4.69, 9.17) is 22.1 Å². The zero-order chi connectivity index (χ0) is 13.7. The van der Waals surface area contributed by atoms with Crippen molar-refractivity contribution in [3.05, 3.63) is 28.8 Å². The molecule has 0 aliphatic heterocycles. The third kappa shape index (κ3) is 4.39. The second-order valence-corrected chi connectivity index (χ2v) is 5.94. The minimum absolute atomic E-state index is 0.173. The maximum atomic E-state index is 6.17. The molecule has 2 rings (SSSR count). The van der Waals surface area contributed by atoms with Crippen LogP contribution >= 0.6 is 11.6 Å². The Balaban J connectivity index is 2.09. The van der Waals surface area contributed by atoms with Crippen LogP contribution in [0.5, 0.6) is 5.75 Å². The van der Waals surface area contributed by atoms with Crippen molar-refractivity contribution in [1.82, 2.24) is 0 Å². The summed E-state index contributed by atoms with van der Waals surface area (Å²) in [5, 5.41) is 0.759. The minimum atomic E-state index is 0.173. The smallest absolute Gasteiger partial charge is 0.123 e. The highest BCUT2D eigenvalue weighted by Gasteiger charge is 2.17. The van der Waals surface area contributed by atoms with Crippen LogP contribution in [0.2, 0.25) is 5.02 Å². The quantitative estimate of drug-likeness (QED) is 0.872. The van der Waals surface area contributed by atoms with Gasteiger partial charge in [0.1, 0.15) is 5.75 Å². The molecule has 1 aromatic rings. The van der Waals surface area contributed by atoms with E-state index in [1.54, 1.807) is 0 Å². The van der Waals surface area contributed by atoms with E-state index in [-0.39, 0.29) is 6.04 Å². The molecule has 19 heavy (non-hydrogen) atoms. The van der Waals surface area contributed by atoms with Crippen LogP contribution < -0.4 is 10.5 Å². The normalized spacial score (nSPS) is 18.3. The van der Waals surface area contributed by atoms with E-state index in [2.05, 4.69) is 6.92 Å². The molecule has 0 spiro atoms. The van der Waals surface area contributed by atoms with Crippen molar-refractivity contribution < 1.29 is 4.74 Å². The van der Waals surface area contributed by atoms with Gasteiger partial charge in [-0.25, -0.2) is 0 Å². The van der Waals surface area contributed by atoms with Gasteiger partial charge in [0.25, 0.3) is 0 Å². The van der Waals surface area contributed by atoms with Crippen molar-refractivity contribution in [3.8, 4) is 5.75 Å². The molecule has 1 aromatic carbocycles. The highest BCUT2D eigenvalue weighted by atomic mass is 35.5. The molecule has 0 radical (unpaired) electrons. The number of ether oxygens (including phenoxy) is 1. The first-order chi connectivity index (χ1) is 9.19. The molecule has 106 valence electrons. The first kappa shape index (κ1) is 14.7. The second-order valence-electron chi connectivity index (χ2n) is 5.50. The Bertz CT molecular complexity index is 402. The lowest BCUT2D eigenvalue weighted by Crippen LogP contribution is -2.23. The van der Waals surface area contributed by atoms with Gasteiger partial charge >= 0.3 is 0 Å². The van der Waals surface area contributed by atoms with Crippen molar-refractivity contribution in [2.24, 2.45) is 5.73 Å². The van der Waals surface area contributed by atoms with Crippen LogP contribution in [0.3, 0.4) is 0 Å². The Hall–Kier alpha value is -0.730. The number of nitrogens with two attached hydrogens (primary N) is 1. The van der Waals surface area contributed by atoms with Crippen molar-refractivity contribution in [2.45, 2.75) is 64.0 Å². The van der Waals surface area contributed by atoms with Crippen molar-refractivity contribution in [2.75, 3.05) is 0 Å². The van der Waals surface area contributed by atoms with Gasteiger partial charge in [-0.2, -0.15) is 0 Å². The van der Waals surface area contributed by atoms with Gasteiger partial charge in [-0.15, -0.1) is 0 Å². The Kier molecular flexibility index (Phi) is 5.53. The van der Waals surface area contributed by atoms with Crippen LogP contribution in [0.4, 0.5) is 0 Å². The van der Waals surface area contributed by atoms with Gasteiger partial charge in [0.15, 0.2) is 0 Å². The van der Waals surface area contributed by atoms with Crippen LogP contribution in [0.15, 0.2) is 18.2 Å². The summed E-state index contributed by atoms with van der Waals surface area (Å²) in [4.78, 5) is 0. The van der Waals surface area contributed by atoms with Crippen LogP contribution in [0.1, 0.15) is 51.0 Å². The summed E-state index contributed by atoms with van der Waals surface area (Å²) < 4.78 is 6.17. The van der Waals surface area contributed by atoms with E-state index >= 15 is 0 Å². The van der Waals surface area contributed by atoms with Gasteiger partial charge in [-0.3, -0.25) is 0 Å². The Morgan fingerprint density at radius 3 is 2.74 bits per heavy atom. The molecule has 1 atom stereocenters. The largest absolute Gasteiger partial charge is 0.490 e.